The molecule has 0 saturated heterocycles. The monoisotopic (exact) mass is 192 g/mol. The summed E-state index contributed by atoms with van der Waals surface area (Å²) in [5, 5.41) is 0. The van der Waals surface area contributed by atoms with Crippen LogP contribution in [0.1, 0.15) is 36.2 Å². The van der Waals surface area contributed by atoms with E-state index >= 15 is 0 Å². The average Bonchev–Trinajstić information content (AvgIpc) is 2.00. The first-order valence-corrected chi connectivity index (χ1v) is 4.72. The molecule has 0 aliphatic carbocycles. The lowest BCUT2D eigenvalue weighted by molar-refractivity contribution is -0.118. The predicted octanol–water partition coefficient (Wildman–Crippen LogP) is 1.68. The minimum atomic E-state index is -0.260. The van der Waals surface area contributed by atoms with Crippen molar-refractivity contribution in [2.75, 3.05) is 0 Å². The molecule has 1 heterocycles. The number of aromatic nitrogens is 1. The summed E-state index contributed by atoms with van der Waals surface area (Å²) in [4.78, 5) is 15.0. The first-order valence-electron chi connectivity index (χ1n) is 4.72. The summed E-state index contributed by atoms with van der Waals surface area (Å²) in [6, 6.07) is 4.00. The second kappa shape index (κ2) is 4.22. The van der Waals surface area contributed by atoms with Gasteiger partial charge in [0, 0.05) is 17.8 Å². The molecule has 76 valence electrons. The van der Waals surface area contributed by atoms with E-state index in [1.54, 1.807) is 0 Å². The molecule has 0 bridgehead atoms. The van der Waals surface area contributed by atoms with Crippen molar-refractivity contribution < 1.29 is 4.79 Å². The Morgan fingerprint density at radius 3 is 2.36 bits per heavy atom. The molecule has 1 aromatic rings. The lowest BCUT2D eigenvalue weighted by Crippen LogP contribution is -2.14. The van der Waals surface area contributed by atoms with Gasteiger partial charge in [-0.3, -0.25) is 9.78 Å². The maximum atomic E-state index is 10.8. The fourth-order valence-electron chi connectivity index (χ4n) is 1.57. The maximum Gasteiger partial charge on any atom is 0.218 e. The number of aryl methyl sites for hydroxylation is 2. The van der Waals surface area contributed by atoms with Crippen molar-refractivity contribution >= 4 is 5.91 Å². The molecule has 1 unspecified atom stereocenters. The SMILES string of the molecule is Cc1cc(C(C)CC(N)=O)cc(C)n1. The van der Waals surface area contributed by atoms with Crippen molar-refractivity contribution in [1.29, 1.82) is 0 Å². The first kappa shape index (κ1) is 10.7. The van der Waals surface area contributed by atoms with E-state index in [1.807, 2.05) is 32.9 Å². The van der Waals surface area contributed by atoms with Crippen molar-refractivity contribution in [3.63, 3.8) is 0 Å². The third kappa shape index (κ3) is 2.83. The molecular weight excluding hydrogens is 176 g/mol. The van der Waals surface area contributed by atoms with E-state index in [9.17, 15) is 4.79 Å². The number of primary amides is 1. The van der Waals surface area contributed by atoms with Crippen LogP contribution in [0.5, 0.6) is 0 Å². The number of carbonyl (C=O) groups excluding carboxylic acids is 1. The van der Waals surface area contributed by atoms with Crippen molar-refractivity contribution in [3.8, 4) is 0 Å². The Morgan fingerprint density at radius 1 is 1.43 bits per heavy atom. The van der Waals surface area contributed by atoms with Crippen molar-refractivity contribution in [1.82, 2.24) is 4.98 Å². The van der Waals surface area contributed by atoms with Crippen molar-refractivity contribution in [2.24, 2.45) is 5.73 Å². The third-order valence-electron chi connectivity index (χ3n) is 2.18. The summed E-state index contributed by atoms with van der Waals surface area (Å²) in [6.45, 7) is 5.90. The zero-order chi connectivity index (χ0) is 10.7. The lowest BCUT2D eigenvalue weighted by Gasteiger charge is -2.10. The molecule has 3 nitrogen and oxygen atoms in total. The molecule has 14 heavy (non-hydrogen) atoms. The van der Waals surface area contributed by atoms with Crippen LogP contribution in [-0.4, -0.2) is 10.9 Å². The van der Waals surface area contributed by atoms with Gasteiger partial charge in [0.25, 0.3) is 0 Å². The normalized spacial score (nSPS) is 12.5. The van der Waals surface area contributed by atoms with Crippen LogP contribution in [0.2, 0.25) is 0 Å². The van der Waals surface area contributed by atoms with Crippen LogP contribution < -0.4 is 5.73 Å². The highest BCUT2D eigenvalue weighted by Gasteiger charge is 2.09. The summed E-state index contributed by atoms with van der Waals surface area (Å²) in [6.07, 6.45) is 0.392. The highest BCUT2D eigenvalue weighted by molar-refractivity contribution is 5.74. The van der Waals surface area contributed by atoms with Crippen molar-refractivity contribution in [3.05, 3.63) is 29.1 Å². The molecule has 0 saturated carbocycles. The van der Waals surface area contributed by atoms with Gasteiger partial charge in [0.2, 0.25) is 5.91 Å². The fourth-order valence-corrected chi connectivity index (χ4v) is 1.57. The number of nitrogens with zero attached hydrogens (tertiary/aromatic N) is 1. The smallest absolute Gasteiger partial charge is 0.218 e. The van der Waals surface area contributed by atoms with E-state index in [0.717, 1.165) is 17.0 Å². The molecule has 0 aromatic carbocycles. The zero-order valence-electron chi connectivity index (χ0n) is 8.87. The summed E-state index contributed by atoms with van der Waals surface area (Å²) in [7, 11) is 0. The van der Waals surface area contributed by atoms with E-state index in [0.29, 0.717) is 6.42 Å². The Kier molecular flexibility index (Phi) is 3.23. The zero-order valence-corrected chi connectivity index (χ0v) is 8.87. The highest BCUT2D eigenvalue weighted by atomic mass is 16.1. The van der Waals surface area contributed by atoms with E-state index < -0.39 is 0 Å². The van der Waals surface area contributed by atoms with Gasteiger partial charge in [0.1, 0.15) is 0 Å². The van der Waals surface area contributed by atoms with Gasteiger partial charge in [-0.2, -0.15) is 0 Å². The van der Waals surface area contributed by atoms with Gasteiger partial charge in [-0.05, 0) is 37.5 Å². The van der Waals surface area contributed by atoms with E-state index in [2.05, 4.69) is 4.98 Å². The van der Waals surface area contributed by atoms with Crippen LogP contribution in [0.4, 0.5) is 0 Å². The Morgan fingerprint density at radius 2 is 1.93 bits per heavy atom. The van der Waals surface area contributed by atoms with Crippen LogP contribution in [0.3, 0.4) is 0 Å². The number of pyridine rings is 1. The molecule has 0 aliphatic rings. The van der Waals surface area contributed by atoms with Gasteiger partial charge < -0.3 is 5.73 Å². The molecule has 0 radical (unpaired) electrons. The topological polar surface area (TPSA) is 56.0 Å². The Labute approximate surface area is 84.3 Å². The molecular formula is C11H16N2O. The second-order valence-corrected chi connectivity index (χ2v) is 3.75. The number of rotatable bonds is 3. The Balaban J connectivity index is 2.89. The molecule has 1 atom stereocenters. The third-order valence-corrected chi connectivity index (χ3v) is 2.18. The fraction of sp³-hybridized carbons (Fsp3) is 0.455. The molecule has 2 N–H and O–H groups in total. The standard InChI is InChI=1S/C11H16N2O/c1-7(4-11(12)14)10-5-8(2)13-9(3)6-10/h5-7H,4H2,1-3H3,(H2,12,14). The highest BCUT2D eigenvalue weighted by Crippen LogP contribution is 2.19. The molecule has 0 spiro atoms. The number of nitrogens with two attached hydrogens (primary N) is 1. The molecule has 1 rings (SSSR count). The summed E-state index contributed by atoms with van der Waals surface area (Å²) in [5.41, 5.74) is 8.25. The minimum absolute atomic E-state index is 0.174. The number of amides is 1. The number of hydrogen-bond donors (Lipinski definition) is 1. The van der Waals surface area contributed by atoms with Crippen LogP contribution in [0, 0.1) is 13.8 Å². The Hall–Kier alpha value is -1.38. The number of hydrogen-bond acceptors (Lipinski definition) is 2. The minimum Gasteiger partial charge on any atom is -0.370 e. The van der Waals surface area contributed by atoms with Gasteiger partial charge in [0.15, 0.2) is 0 Å². The summed E-state index contributed by atoms with van der Waals surface area (Å²) in [5.74, 6) is -0.0856. The Bertz CT molecular complexity index is 327. The predicted molar refractivity (Wildman–Crippen MR) is 55.9 cm³/mol. The lowest BCUT2D eigenvalue weighted by atomic mass is 9.97. The van der Waals surface area contributed by atoms with E-state index in [1.165, 1.54) is 0 Å². The molecule has 1 aromatic heterocycles. The number of carbonyl (C=O) groups is 1. The van der Waals surface area contributed by atoms with Gasteiger partial charge in [-0.1, -0.05) is 6.92 Å². The first-order chi connectivity index (χ1) is 6.49. The summed E-state index contributed by atoms with van der Waals surface area (Å²) >= 11 is 0. The van der Waals surface area contributed by atoms with Gasteiger partial charge in [-0.25, -0.2) is 0 Å². The van der Waals surface area contributed by atoms with Gasteiger partial charge >= 0.3 is 0 Å². The van der Waals surface area contributed by atoms with E-state index in [4.69, 9.17) is 5.73 Å². The van der Waals surface area contributed by atoms with Crippen LogP contribution in [0.15, 0.2) is 12.1 Å². The van der Waals surface area contributed by atoms with Crippen molar-refractivity contribution in [2.45, 2.75) is 33.1 Å². The molecule has 0 fully saturated rings. The second-order valence-electron chi connectivity index (χ2n) is 3.75. The molecule has 3 heteroatoms. The van der Waals surface area contributed by atoms with Crippen LogP contribution >= 0.6 is 0 Å². The maximum absolute atomic E-state index is 10.8. The summed E-state index contributed by atoms with van der Waals surface area (Å²) < 4.78 is 0. The average molecular weight is 192 g/mol. The molecule has 0 aliphatic heterocycles. The largest absolute Gasteiger partial charge is 0.370 e. The molecule has 1 amide bonds. The quantitative estimate of drug-likeness (QED) is 0.792. The van der Waals surface area contributed by atoms with Gasteiger partial charge in [-0.15, -0.1) is 0 Å². The van der Waals surface area contributed by atoms with E-state index in [-0.39, 0.29) is 11.8 Å². The van der Waals surface area contributed by atoms with Crippen LogP contribution in [-0.2, 0) is 4.79 Å². The van der Waals surface area contributed by atoms with Crippen LogP contribution in [0.25, 0.3) is 0 Å². The van der Waals surface area contributed by atoms with Gasteiger partial charge in [0.05, 0.1) is 0 Å².